The van der Waals surface area contributed by atoms with Crippen molar-refractivity contribution in [3.05, 3.63) is 42.1 Å². The number of aromatic amines is 1. The maximum absolute atomic E-state index is 11.9. The lowest BCUT2D eigenvalue weighted by Gasteiger charge is -2.18. The van der Waals surface area contributed by atoms with Gasteiger partial charge in [0.15, 0.2) is 29.1 Å². The second kappa shape index (κ2) is 9.71. The Bertz CT molecular complexity index is 1560. The molecule has 1 aliphatic rings. The smallest absolute Gasteiger partial charge is 0.340 e. The van der Waals surface area contributed by atoms with E-state index in [4.69, 9.17) is 30.6 Å². The van der Waals surface area contributed by atoms with Crippen molar-refractivity contribution in [1.82, 2.24) is 24.5 Å². The summed E-state index contributed by atoms with van der Waals surface area (Å²) in [5, 5.41) is 25.0. The number of ether oxygens (including phenoxy) is 1. The third-order valence-corrected chi connectivity index (χ3v) is 9.25. The van der Waals surface area contributed by atoms with E-state index in [2.05, 4.69) is 25.3 Å². The number of imidazole rings is 1. The standard InChI is InChI=1S/C19H21ClN6O9P2/c20-19-24-16(23-10-1-2-11-9(5-10)3-4-21-11)13-17(25-19)26(7-22-13)18-15(28)14(27)12(35-18)6-34-37(32,33)8-36(29,30)31/h1-5,7,12,14-15,18,21,27-28H,6,8H2,(H,32,33)(H,23,24,25)(H2,29,30,31)/t12-,14?,15?,18-/m1/s1. The van der Waals surface area contributed by atoms with Crippen LogP contribution >= 0.6 is 26.8 Å². The number of aromatic nitrogens is 5. The molecule has 0 aliphatic carbocycles. The van der Waals surface area contributed by atoms with Crippen LogP contribution in [0.2, 0.25) is 5.28 Å². The number of nitrogens with one attached hydrogen (secondary N) is 2. The molecule has 4 heterocycles. The van der Waals surface area contributed by atoms with Gasteiger partial charge in [0.1, 0.15) is 18.3 Å². The van der Waals surface area contributed by atoms with Crippen molar-refractivity contribution in [2.45, 2.75) is 24.5 Å². The molecule has 5 atom stereocenters. The molecule has 0 amide bonds. The summed E-state index contributed by atoms with van der Waals surface area (Å²) >= 11 is 6.15. The fourth-order valence-corrected chi connectivity index (χ4v) is 6.72. The average molecular weight is 575 g/mol. The summed E-state index contributed by atoms with van der Waals surface area (Å²) in [5.41, 5.74) is 2.10. The first-order valence-corrected chi connectivity index (χ1v) is 14.6. The molecule has 1 aromatic carbocycles. The SMILES string of the molecule is O=P(O)(O)CP(=O)(O)OC[C@H]1O[C@@H](n2cnc3c(Nc4ccc5[nH]ccc5c4)nc(Cl)nc32)C(O)C1O. The maximum Gasteiger partial charge on any atom is 0.340 e. The summed E-state index contributed by atoms with van der Waals surface area (Å²) in [6.07, 6.45) is -2.55. The van der Waals surface area contributed by atoms with Crippen molar-refractivity contribution in [3.8, 4) is 0 Å². The number of aliphatic hydroxyl groups excluding tert-OH is 2. The van der Waals surface area contributed by atoms with Crippen LogP contribution in [0.5, 0.6) is 0 Å². The molecule has 0 bridgehead atoms. The summed E-state index contributed by atoms with van der Waals surface area (Å²) in [4.78, 5) is 43.3. The van der Waals surface area contributed by atoms with Gasteiger partial charge in [0.2, 0.25) is 5.28 Å². The van der Waals surface area contributed by atoms with Gasteiger partial charge < -0.3 is 44.5 Å². The number of rotatable bonds is 8. The number of nitrogens with zero attached hydrogens (tertiary/aromatic N) is 4. The van der Waals surface area contributed by atoms with Gasteiger partial charge in [0.25, 0.3) is 0 Å². The number of fused-ring (bicyclic) bond motifs is 2. The zero-order valence-corrected chi connectivity index (χ0v) is 21.2. The molecule has 0 radical (unpaired) electrons. The predicted molar refractivity (Wildman–Crippen MR) is 131 cm³/mol. The molecule has 18 heteroatoms. The van der Waals surface area contributed by atoms with Gasteiger partial charge in [-0.2, -0.15) is 9.97 Å². The first-order chi connectivity index (χ1) is 17.4. The van der Waals surface area contributed by atoms with E-state index in [0.717, 1.165) is 10.9 Å². The van der Waals surface area contributed by atoms with Crippen LogP contribution in [-0.2, 0) is 18.4 Å². The van der Waals surface area contributed by atoms with Gasteiger partial charge in [0, 0.05) is 22.8 Å². The van der Waals surface area contributed by atoms with Crippen molar-refractivity contribution >= 4 is 60.4 Å². The second-order valence-corrected chi connectivity index (χ2v) is 12.7. The lowest BCUT2D eigenvalue weighted by Crippen LogP contribution is -2.33. The van der Waals surface area contributed by atoms with E-state index in [-0.39, 0.29) is 22.3 Å². The van der Waals surface area contributed by atoms with Crippen LogP contribution < -0.4 is 5.32 Å². The van der Waals surface area contributed by atoms with E-state index >= 15 is 0 Å². The monoisotopic (exact) mass is 574 g/mol. The van der Waals surface area contributed by atoms with E-state index in [1.54, 1.807) is 0 Å². The molecular formula is C19H21ClN6O9P2. The van der Waals surface area contributed by atoms with Gasteiger partial charge in [-0.1, -0.05) is 0 Å². The summed E-state index contributed by atoms with van der Waals surface area (Å²) in [6, 6.07) is 7.51. The van der Waals surface area contributed by atoms with Crippen LogP contribution in [-0.4, -0.2) is 80.2 Å². The molecule has 0 spiro atoms. The fourth-order valence-electron chi connectivity index (χ4n) is 3.99. The fraction of sp³-hybridized carbons (Fsp3) is 0.316. The lowest BCUT2D eigenvalue weighted by atomic mass is 10.1. The first kappa shape index (κ1) is 26.2. The zero-order valence-electron chi connectivity index (χ0n) is 18.6. The van der Waals surface area contributed by atoms with Gasteiger partial charge in [0.05, 0.1) is 12.9 Å². The van der Waals surface area contributed by atoms with Crippen molar-refractivity contribution in [2.24, 2.45) is 0 Å². The summed E-state index contributed by atoms with van der Waals surface area (Å²) in [6.45, 7) is -0.723. The molecule has 15 nitrogen and oxygen atoms in total. The molecule has 1 saturated heterocycles. The van der Waals surface area contributed by atoms with Gasteiger partial charge in [-0.3, -0.25) is 13.7 Å². The van der Waals surface area contributed by atoms with E-state index in [1.807, 2.05) is 30.5 Å². The summed E-state index contributed by atoms with van der Waals surface area (Å²) < 4.78 is 34.6. The number of H-pyrrole nitrogens is 1. The minimum atomic E-state index is -4.84. The first-order valence-electron chi connectivity index (χ1n) is 10.7. The van der Waals surface area contributed by atoms with Crippen LogP contribution in [0.3, 0.4) is 0 Å². The van der Waals surface area contributed by atoms with Crippen LogP contribution in [0.4, 0.5) is 11.5 Å². The highest BCUT2D eigenvalue weighted by Crippen LogP contribution is 2.55. The van der Waals surface area contributed by atoms with E-state index in [9.17, 15) is 24.2 Å². The van der Waals surface area contributed by atoms with Crippen molar-refractivity contribution in [3.63, 3.8) is 0 Å². The van der Waals surface area contributed by atoms with Crippen LogP contribution in [0.25, 0.3) is 22.1 Å². The highest BCUT2D eigenvalue weighted by molar-refractivity contribution is 7.70. The second-order valence-electron chi connectivity index (χ2n) is 8.36. The highest BCUT2D eigenvalue weighted by atomic mass is 35.5. The minimum Gasteiger partial charge on any atom is -0.387 e. The Balaban J connectivity index is 1.38. The zero-order chi connectivity index (χ0) is 26.5. The molecule has 37 heavy (non-hydrogen) atoms. The summed E-state index contributed by atoms with van der Waals surface area (Å²) in [7, 11) is -9.53. The molecule has 1 fully saturated rings. The van der Waals surface area contributed by atoms with E-state index < -0.39 is 52.2 Å². The van der Waals surface area contributed by atoms with Crippen molar-refractivity contribution in [1.29, 1.82) is 0 Å². The van der Waals surface area contributed by atoms with E-state index in [0.29, 0.717) is 5.69 Å². The molecule has 7 N–H and O–H groups in total. The topological polar surface area (TPSA) is 225 Å². The number of halogens is 1. The molecule has 198 valence electrons. The number of anilines is 2. The quantitative estimate of drug-likeness (QED) is 0.117. The summed E-state index contributed by atoms with van der Waals surface area (Å²) in [5.74, 6) is -1.13. The average Bonchev–Trinajstić information content (AvgIpc) is 3.49. The number of aliphatic hydroxyl groups is 2. The molecule has 5 rings (SSSR count). The largest absolute Gasteiger partial charge is 0.387 e. The molecule has 3 aromatic heterocycles. The van der Waals surface area contributed by atoms with Crippen molar-refractivity contribution in [2.75, 3.05) is 17.8 Å². The molecular weight excluding hydrogens is 554 g/mol. The predicted octanol–water partition coefficient (Wildman–Crippen LogP) is 1.66. The Morgan fingerprint density at radius 2 is 1.95 bits per heavy atom. The molecule has 0 saturated carbocycles. The molecule has 4 aromatic rings. The normalized spacial score (nSPS) is 24.1. The van der Waals surface area contributed by atoms with Gasteiger partial charge in [-0.05, 0) is 35.9 Å². The van der Waals surface area contributed by atoms with Crippen LogP contribution in [0.15, 0.2) is 36.8 Å². The van der Waals surface area contributed by atoms with Gasteiger partial charge in [-0.25, -0.2) is 4.98 Å². The Hall–Kier alpha value is -2.42. The Morgan fingerprint density at radius 1 is 1.16 bits per heavy atom. The molecule has 3 unspecified atom stereocenters. The lowest BCUT2D eigenvalue weighted by molar-refractivity contribution is -0.0483. The van der Waals surface area contributed by atoms with Gasteiger partial charge >= 0.3 is 15.2 Å². The Labute approximate surface area is 212 Å². The number of hydrogen-bond donors (Lipinski definition) is 7. The van der Waals surface area contributed by atoms with Crippen molar-refractivity contribution < 1.29 is 43.3 Å². The van der Waals surface area contributed by atoms with Gasteiger partial charge in [-0.15, -0.1) is 0 Å². The minimum absolute atomic E-state index is 0.133. The molecule has 1 aliphatic heterocycles. The Morgan fingerprint density at radius 3 is 2.70 bits per heavy atom. The van der Waals surface area contributed by atoms with Crippen LogP contribution in [0.1, 0.15) is 6.23 Å². The van der Waals surface area contributed by atoms with Crippen LogP contribution in [0, 0.1) is 0 Å². The third kappa shape index (κ3) is 5.56. The highest BCUT2D eigenvalue weighted by Gasteiger charge is 2.45. The number of hydrogen-bond acceptors (Lipinski definition) is 10. The number of benzene rings is 1. The van der Waals surface area contributed by atoms with E-state index in [1.165, 1.54) is 10.9 Å². The maximum atomic E-state index is 11.9. The Kier molecular flexibility index (Phi) is 6.88. The third-order valence-electron chi connectivity index (χ3n) is 5.63.